The largest absolute Gasteiger partial charge is 0.441 e. The highest BCUT2D eigenvalue weighted by Gasteiger charge is 2.18. The molecule has 1 saturated heterocycles. The smallest absolute Gasteiger partial charge is 0.290 e. The van der Waals surface area contributed by atoms with E-state index in [1.807, 2.05) is 25.1 Å². The molecule has 4 rings (SSSR count). The van der Waals surface area contributed by atoms with E-state index in [-0.39, 0.29) is 30.2 Å². The first-order valence-corrected chi connectivity index (χ1v) is 8.96. The van der Waals surface area contributed by atoms with Gasteiger partial charge < -0.3 is 15.1 Å². The lowest BCUT2D eigenvalue weighted by molar-refractivity contribution is 0.0942. The van der Waals surface area contributed by atoms with Crippen LogP contribution in [0.1, 0.15) is 41.0 Å². The highest BCUT2D eigenvalue weighted by atomic mass is 35.5. The van der Waals surface area contributed by atoms with Crippen molar-refractivity contribution in [1.29, 1.82) is 0 Å². The van der Waals surface area contributed by atoms with Gasteiger partial charge in [0.2, 0.25) is 5.82 Å². The van der Waals surface area contributed by atoms with Crippen molar-refractivity contribution >= 4 is 29.4 Å². The van der Waals surface area contributed by atoms with Gasteiger partial charge in [-0.2, -0.15) is 0 Å². The van der Waals surface area contributed by atoms with Gasteiger partial charge >= 0.3 is 0 Å². The van der Waals surface area contributed by atoms with Crippen LogP contribution in [-0.2, 0) is 6.42 Å². The molecule has 0 bridgehead atoms. The zero-order chi connectivity index (χ0) is 17.9. The summed E-state index contributed by atoms with van der Waals surface area (Å²) in [7, 11) is 0. The summed E-state index contributed by atoms with van der Waals surface area (Å²) in [5, 5.41) is 10.5. The Kier molecular flexibility index (Phi) is 6.08. The Hall–Kier alpha value is -2.45. The van der Waals surface area contributed by atoms with Crippen LogP contribution >= 0.6 is 12.4 Å². The third-order valence-corrected chi connectivity index (χ3v) is 4.65. The SMILES string of the molecule is Cc1cccc2oc(CCNC(=O)c3ncn(C4CCCNC4)n3)nc12.Cl. The summed E-state index contributed by atoms with van der Waals surface area (Å²) in [4.78, 5) is 20.9. The zero-order valence-corrected chi connectivity index (χ0v) is 16.0. The Morgan fingerprint density at radius 2 is 2.33 bits per heavy atom. The molecule has 0 radical (unpaired) electrons. The number of fused-ring (bicyclic) bond motifs is 1. The van der Waals surface area contributed by atoms with Gasteiger partial charge in [0.1, 0.15) is 11.8 Å². The number of carbonyl (C=O) groups is 1. The Labute approximate surface area is 163 Å². The van der Waals surface area contributed by atoms with Crippen LogP contribution in [0.25, 0.3) is 11.1 Å². The molecule has 1 fully saturated rings. The predicted octanol–water partition coefficient (Wildman–Crippen LogP) is 2.05. The molecule has 0 saturated carbocycles. The lowest BCUT2D eigenvalue weighted by Crippen LogP contribution is -2.32. The van der Waals surface area contributed by atoms with E-state index in [0.29, 0.717) is 18.9 Å². The quantitative estimate of drug-likeness (QED) is 0.691. The topological polar surface area (TPSA) is 97.9 Å². The van der Waals surface area contributed by atoms with E-state index in [2.05, 4.69) is 25.7 Å². The lowest BCUT2D eigenvalue weighted by Gasteiger charge is -2.22. The van der Waals surface area contributed by atoms with Crippen LogP contribution in [-0.4, -0.2) is 45.3 Å². The van der Waals surface area contributed by atoms with Crippen LogP contribution in [0.15, 0.2) is 28.9 Å². The van der Waals surface area contributed by atoms with Gasteiger partial charge in [0.15, 0.2) is 11.5 Å². The van der Waals surface area contributed by atoms with Gasteiger partial charge in [-0.3, -0.25) is 4.79 Å². The second kappa shape index (κ2) is 8.49. The number of aryl methyl sites for hydroxylation is 1. The third kappa shape index (κ3) is 4.28. The van der Waals surface area contributed by atoms with E-state index in [1.165, 1.54) is 0 Å². The first kappa shape index (κ1) is 19.3. The number of oxazole rings is 1. The van der Waals surface area contributed by atoms with Crippen molar-refractivity contribution in [2.24, 2.45) is 0 Å². The Morgan fingerprint density at radius 1 is 1.44 bits per heavy atom. The first-order chi connectivity index (χ1) is 12.7. The monoisotopic (exact) mass is 390 g/mol. The molecule has 0 spiro atoms. The van der Waals surface area contributed by atoms with Crippen molar-refractivity contribution in [3.8, 4) is 0 Å². The summed E-state index contributed by atoms with van der Waals surface area (Å²) in [6.07, 6.45) is 4.31. The number of rotatable bonds is 5. The fourth-order valence-corrected chi connectivity index (χ4v) is 3.22. The van der Waals surface area contributed by atoms with E-state index < -0.39 is 0 Å². The van der Waals surface area contributed by atoms with E-state index in [0.717, 1.165) is 42.6 Å². The number of aromatic nitrogens is 4. The summed E-state index contributed by atoms with van der Waals surface area (Å²) in [6.45, 7) is 4.32. The number of halogens is 1. The molecule has 3 heterocycles. The van der Waals surface area contributed by atoms with Gasteiger partial charge in [-0.05, 0) is 37.9 Å². The van der Waals surface area contributed by atoms with Crippen LogP contribution in [0.4, 0.5) is 0 Å². The molecule has 1 aromatic carbocycles. The molecule has 9 heteroatoms. The third-order valence-electron chi connectivity index (χ3n) is 4.65. The van der Waals surface area contributed by atoms with Crippen LogP contribution in [0.2, 0.25) is 0 Å². The van der Waals surface area contributed by atoms with Gasteiger partial charge in [0.05, 0.1) is 6.04 Å². The molecule has 1 atom stereocenters. The van der Waals surface area contributed by atoms with E-state index in [1.54, 1.807) is 11.0 Å². The Morgan fingerprint density at radius 3 is 3.11 bits per heavy atom. The zero-order valence-electron chi connectivity index (χ0n) is 15.1. The number of benzene rings is 1. The molecule has 2 aromatic heterocycles. The number of piperidine rings is 1. The van der Waals surface area contributed by atoms with Gasteiger partial charge in [-0.25, -0.2) is 14.6 Å². The van der Waals surface area contributed by atoms with Crippen LogP contribution in [0.5, 0.6) is 0 Å². The molecular formula is C18H23ClN6O2. The maximum absolute atomic E-state index is 12.2. The number of hydrogen-bond acceptors (Lipinski definition) is 6. The Bertz CT molecular complexity index is 916. The molecule has 3 aromatic rings. The molecule has 27 heavy (non-hydrogen) atoms. The second-order valence-electron chi connectivity index (χ2n) is 6.58. The fourth-order valence-electron chi connectivity index (χ4n) is 3.22. The molecule has 1 aliphatic rings. The standard InChI is InChI=1S/C18H22N6O2.ClH/c1-12-4-2-6-14-16(12)22-15(26-14)7-9-20-18(25)17-21-11-24(23-17)13-5-3-8-19-10-13;/h2,4,6,11,13,19H,3,5,7-10H2,1H3,(H,20,25);1H. The normalized spacial score (nSPS) is 16.9. The minimum atomic E-state index is -0.278. The van der Waals surface area contributed by atoms with Crippen LogP contribution in [0, 0.1) is 6.92 Å². The number of para-hydroxylation sites is 1. The average molecular weight is 391 g/mol. The number of amides is 1. The van der Waals surface area contributed by atoms with Gasteiger partial charge in [-0.15, -0.1) is 17.5 Å². The van der Waals surface area contributed by atoms with Gasteiger partial charge in [-0.1, -0.05) is 12.1 Å². The van der Waals surface area contributed by atoms with Gasteiger partial charge in [0, 0.05) is 19.5 Å². The highest BCUT2D eigenvalue weighted by Crippen LogP contribution is 2.19. The molecular weight excluding hydrogens is 368 g/mol. The van der Waals surface area contributed by atoms with E-state index in [4.69, 9.17) is 4.42 Å². The average Bonchev–Trinajstić information content (AvgIpc) is 3.30. The molecule has 144 valence electrons. The predicted molar refractivity (Wildman–Crippen MR) is 103 cm³/mol. The lowest BCUT2D eigenvalue weighted by atomic mass is 10.1. The molecule has 1 amide bonds. The first-order valence-electron chi connectivity index (χ1n) is 8.96. The molecule has 1 aliphatic heterocycles. The highest BCUT2D eigenvalue weighted by molar-refractivity contribution is 5.90. The van der Waals surface area contributed by atoms with Gasteiger partial charge in [0.25, 0.3) is 5.91 Å². The van der Waals surface area contributed by atoms with E-state index >= 15 is 0 Å². The summed E-state index contributed by atoms with van der Waals surface area (Å²) < 4.78 is 7.50. The minimum Gasteiger partial charge on any atom is -0.441 e. The van der Waals surface area contributed by atoms with Crippen molar-refractivity contribution in [3.05, 3.63) is 41.8 Å². The maximum Gasteiger partial charge on any atom is 0.290 e. The summed E-state index contributed by atoms with van der Waals surface area (Å²) in [5.74, 6) is 0.533. The number of carbonyl (C=O) groups excluding carboxylic acids is 1. The van der Waals surface area contributed by atoms with Crippen molar-refractivity contribution in [1.82, 2.24) is 30.4 Å². The number of nitrogens with one attached hydrogen (secondary N) is 2. The maximum atomic E-state index is 12.2. The molecule has 0 aliphatic carbocycles. The second-order valence-corrected chi connectivity index (χ2v) is 6.58. The molecule has 2 N–H and O–H groups in total. The summed E-state index contributed by atoms with van der Waals surface area (Å²) in [6, 6.07) is 6.10. The van der Waals surface area contributed by atoms with Crippen LogP contribution in [0.3, 0.4) is 0 Å². The summed E-state index contributed by atoms with van der Waals surface area (Å²) in [5.41, 5.74) is 2.72. The summed E-state index contributed by atoms with van der Waals surface area (Å²) >= 11 is 0. The molecule has 8 nitrogen and oxygen atoms in total. The van der Waals surface area contributed by atoms with Crippen molar-refractivity contribution in [3.63, 3.8) is 0 Å². The number of nitrogens with zero attached hydrogens (tertiary/aromatic N) is 4. The fraction of sp³-hybridized carbons (Fsp3) is 0.444. The molecule has 1 unspecified atom stereocenters. The van der Waals surface area contributed by atoms with Crippen molar-refractivity contribution in [2.45, 2.75) is 32.2 Å². The minimum absolute atomic E-state index is 0. The number of hydrogen-bond donors (Lipinski definition) is 2. The van der Waals surface area contributed by atoms with Crippen LogP contribution < -0.4 is 10.6 Å². The van der Waals surface area contributed by atoms with Crippen molar-refractivity contribution in [2.75, 3.05) is 19.6 Å². The Balaban J connectivity index is 0.00000210. The van der Waals surface area contributed by atoms with Crippen molar-refractivity contribution < 1.29 is 9.21 Å². The van der Waals surface area contributed by atoms with E-state index in [9.17, 15) is 4.79 Å².